The molecule has 88 valence electrons. The molecule has 0 radical (unpaired) electrons. The largest absolute Gasteiger partial charge is 0.341 e. The van der Waals surface area contributed by atoms with Crippen LogP contribution in [0, 0.1) is 0 Å². The highest BCUT2D eigenvalue weighted by Crippen LogP contribution is 2.12. The Morgan fingerprint density at radius 1 is 1.40 bits per heavy atom. The van der Waals surface area contributed by atoms with Crippen LogP contribution in [0.5, 0.6) is 0 Å². The van der Waals surface area contributed by atoms with E-state index in [4.69, 9.17) is 0 Å². The third kappa shape index (κ3) is 3.82. The van der Waals surface area contributed by atoms with Crippen LogP contribution in [-0.4, -0.2) is 36.5 Å². The quantitative estimate of drug-likeness (QED) is 0.681. The lowest BCUT2D eigenvalue weighted by Crippen LogP contribution is -2.50. The molecule has 1 unspecified atom stereocenters. The number of hydrogen-bond donors (Lipinski definition) is 1. The van der Waals surface area contributed by atoms with Crippen LogP contribution in [0.4, 0.5) is 0 Å². The molecule has 0 aromatic rings. The van der Waals surface area contributed by atoms with Gasteiger partial charge in [-0.2, -0.15) is 0 Å². The van der Waals surface area contributed by atoms with Crippen molar-refractivity contribution in [2.45, 2.75) is 52.0 Å². The molecule has 0 bridgehead atoms. The maximum Gasteiger partial charge on any atom is 0.239 e. The molecule has 1 aliphatic heterocycles. The Bertz CT molecular complexity index is 192. The summed E-state index contributed by atoms with van der Waals surface area (Å²) in [5.41, 5.74) is 0. The third-order valence-electron chi connectivity index (χ3n) is 3.01. The number of carbonyl (C=O) groups is 1. The minimum Gasteiger partial charge on any atom is -0.341 e. The van der Waals surface area contributed by atoms with Gasteiger partial charge in [0.1, 0.15) is 0 Å². The number of rotatable bonds is 6. The number of nitrogens with one attached hydrogen (secondary N) is 1. The van der Waals surface area contributed by atoms with E-state index in [9.17, 15) is 4.79 Å². The number of hydrogen-bond acceptors (Lipinski definition) is 2. The number of carbonyl (C=O) groups excluding carboxylic acids is 1. The highest BCUT2D eigenvalue weighted by molar-refractivity contribution is 5.82. The van der Waals surface area contributed by atoms with E-state index in [1.54, 1.807) is 0 Å². The van der Waals surface area contributed by atoms with Gasteiger partial charge in [-0.15, -0.1) is 0 Å². The molecule has 0 saturated carbocycles. The lowest BCUT2D eigenvalue weighted by Gasteiger charge is -2.32. The average Bonchev–Trinajstić information content (AvgIpc) is 2.24. The van der Waals surface area contributed by atoms with Crippen molar-refractivity contribution >= 4 is 5.91 Å². The van der Waals surface area contributed by atoms with Crippen LogP contribution in [0.25, 0.3) is 0 Å². The van der Waals surface area contributed by atoms with Crippen molar-refractivity contribution in [1.29, 1.82) is 0 Å². The summed E-state index contributed by atoms with van der Waals surface area (Å²) >= 11 is 0. The number of unbranched alkanes of at least 4 members (excludes halogenated alkanes) is 2. The van der Waals surface area contributed by atoms with E-state index in [1.165, 1.54) is 12.8 Å². The minimum atomic E-state index is 0.0883. The van der Waals surface area contributed by atoms with Crippen LogP contribution in [0.3, 0.4) is 0 Å². The summed E-state index contributed by atoms with van der Waals surface area (Å²) in [5, 5.41) is 3.26. The summed E-state index contributed by atoms with van der Waals surface area (Å²) in [6.07, 6.45) is 5.77. The molecule has 1 heterocycles. The average molecular weight is 212 g/mol. The highest BCUT2D eigenvalue weighted by Gasteiger charge is 2.26. The summed E-state index contributed by atoms with van der Waals surface area (Å²) in [4.78, 5) is 14.0. The molecular formula is C12H24N2O. The van der Waals surface area contributed by atoms with E-state index in [1.807, 2.05) is 4.90 Å². The Hall–Kier alpha value is -0.570. The molecule has 0 aromatic carbocycles. The van der Waals surface area contributed by atoms with E-state index in [-0.39, 0.29) is 6.04 Å². The van der Waals surface area contributed by atoms with Gasteiger partial charge in [0, 0.05) is 13.1 Å². The molecule has 1 aliphatic rings. The molecule has 1 rings (SSSR count). The molecule has 1 fully saturated rings. The van der Waals surface area contributed by atoms with E-state index >= 15 is 0 Å². The van der Waals surface area contributed by atoms with Crippen LogP contribution in [0.15, 0.2) is 0 Å². The van der Waals surface area contributed by atoms with E-state index in [2.05, 4.69) is 19.2 Å². The van der Waals surface area contributed by atoms with Crippen molar-refractivity contribution in [3.8, 4) is 0 Å². The second-order valence-corrected chi connectivity index (χ2v) is 4.28. The minimum absolute atomic E-state index is 0.0883. The first-order valence-corrected chi connectivity index (χ1v) is 6.31. The zero-order valence-electron chi connectivity index (χ0n) is 10.1. The summed E-state index contributed by atoms with van der Waals surface area (Å²) in [6.45, 7) is 7.06. The summed E-state index contributed by atoms with van der Waals surface area (Å²) in [5.74, 6) is 0.319. The Labute approximate surface area is 93.2 Å². The fourth-order valence-corrected chi connectivity index (χ4v) is 2.15. The SMILES string of the molecule is CCCCCN1CCCC(NCC)C1=O. The Kier molecular flexibility index (Phi) is 5.69. The molecule has 0 aromatic heterocycles. The van der Waals surface area contributed by atoms with Crippen LogP contribution in [0.2, 0.25) is 0 Å². The molecule has 1 N–H and O–H groups in total. The monoisotopic (exact) mass is 212 g/mol. The smallest absolute Gasteiger partial charge is 0.239 e. The molecule has 0 spiro atoms. The van der Waals surface area contributed by atoms with Gasteiger partial charge in [0.05, 0.1) is 6.04 Å². The first kappa shape index (κ1) is 12.5. The molecule has 3 heteroatoms. The summed E-state index contributed by atoms with van der Waals surface area (Å²) < 4.78 is 0. The number of likely N-dealkylation sites (N-methyl/N-ethyl adjacent to an activating group) is 1. The first-order valence-electron chi connectivity index (χ1n) is 6.31. The summed E-state index contributed by atoms with van der Waals surface area (Å²) in [7, 11) is 0. The second kappa shape index (κ2) is 6.83. The number of piperidine rings is 1. The third-order valence-corrected chi connectivity index (χ3v) is 3.01. The van der Waals surface area contributed by atoms with Gasteiger partial charge in [-0.1, -0.05) is 26.7 Å². The highest BCUT2D eigenvalue weighted by atomic mass is 16.2. The number of amides is 1. The fraction of sp³-hybridized carbons (Fsp3) is 0.917. The van der Waals surface area contributed by atoms with Gasteiger partial charge in [0.25, 0.3) is 0 Å². The molecular weight excluding hydrogens is 188 g/mol. The van der Waals surface area contributed by atoms with Crippen molar-refractivity contribution in [3.63, 3.8) is 0 Å². The van der Waals surface area contributed by atoms with Gasteiger partial charge in [-0.25, -0.2) is 0 Å². The Morgan fingerprint density at radius 3 is 2.87 bits per heavy atom. The van der Waals surface area contributed by atoms with Crippen molar-refractivity contribution in [1.82, 2.24) is 10.2 Å². The second-order valence-electron chi connectivity index (χ2n) is 4.28. The van der Waals surface area contributed by atoms with E-state index < -0.39 is 0 Å². The Morgan fingerprint density at radius 2 is 2.20 bits per heavy atom. The van der Waals surface area contributed by atoms with Gasteiger partial charge in [-0.05, 0) is 25.8 Å². The van der Waals surface area contributed by atoms with E-state index in [0.717, 1.165) is 38.9 Å². The molecule has 15 heavy (non-hydrogen) atoms. The molecule has 3 nitrogen and oxygen atoms in total. The number of likely N-dealkylation sites (tertiary alicyclic amines) is 1. The first-order chi connectivity index (χ1) is 7.29. The Balaban J connectivity index is 2.33. The van der Waals surface area contributed by atoms with Crippen molar-refractivity contribution in [3.05, 3.63) is 0 Å². The van der Waals surface area contributed by atoms with Crippen molar-refractivity contribution < 1.29 is 4.79 Å². The molecule has 1 amide bonds. The molecule has 1 atom stereocenters. The van der Waals surface area contributed by atoms with Gasteiger partial charge in [0.15, 0.2) is 0 Å². The van der Waals surface area contributed by atoms with Crippen LogP contribution in [-0.2, 0) is 4.79 Å². The van der Waals surface area contributed by atoms with Gasteiger partial charge in [-0.3, -0.25) is 4.79 Å². The van der Waals surface area contributed by atoms with Crippen LogP contribution in [0.1, 0.15) is 46.0 Å². The number of nitrogens with zero attached hydrogens (tertiary/aromatic N) is 1. The van der Waals surface area contributed by atoms with Crippen molar-refractivity contribution in [2.75, 3.05) is 19.6 Å². The summed E-state index contributed by atoms with van der Waals surface area (Å²) in [6, 6.07) is 0.0883. The predicted molar refractivity (Wildman–Crippen MR) is 62.8 cm³/mol. The van der Waals surface area contributed by atoms with E-state index in [0.29, 0.717) is 5.91 Å². The van der Waals surface area contributed by atoms with Gasteiger partial charge in [0.2, 0.25) is 5.91 Å². The lowest BCUT2D eigenvalue weighted by atomic mass is 10.0. The zero-order chi connectivity index (χ0) is 11.1. The maximum absolute atomic E-state index is 12.0. The van der Waals surface area contributed by atoms with Crippen LogP contribution < -0.4 is 5.32 Å². The molecule has 1 saturated heterocycles. The van der Waals surface area contributed by atoms with Gasteiger partial charge >= 0.3 is 0 Å². The standard InChI is InChI=1S/C12H24N2O/c1-3-5-6-9-14-10-7-8-11(12(14)15)13-4-2/h11,13H,3-10H2,1-2H3. The maximum atomic E-state index is 12.0. The van der Waals surface area contributed by atoms with Crippen molar-refractivity contribution in [2.24, 2.45) is 0 Å². The van der Waals surface area contributed by atoms with Crippen LogP contribution >= 0.6 is 0 Å². The topological polar surface area (TPSA) is 32.3 Å². The molecule has 0 aliphatic carbocycles. The van der Waals surface area contributed by atoms with Gasteiger partial charge < -0.3 is 10.2 Å². The normalized spacial score (nSPS) is 22.1. The lowest BCUT2D eigenvalue weighted by molar-refractivity contribution is -0.136. The predicted octanol–water partition coefficient (Wildman–Crippen LogP) is 1.78. The zero-order valence-corrected chi connectivity index (χ0v) is 10.1. The fourth-order valence-electron chi connectivity index (χ4n) is 2.15.